The molecule has 1 N–H and O–H groups in total. The fourth-order valence-corrected chi connectivity index (χ4v) is 0.359. The largest absolute Gasteiger partial charge is 0.444 e. The Hall–Kier alpha value is -0.990. The minimum Gasteiger partial charge on any atom is -0.444 e. The fraction of sp³-hybridized carbons (Fsp3) is 0.500. The number of hydrogen-bond acceptors (Lipinski definition) is 2. The van der Waals surface area contributed by atoms with Gasteiger partial charge in [-0.1, -0.05) is 19.1 Å². The van der Waals surface area contributed by atoms with Crippen LogP contribution in [0.25, 0.3) is 0 Å². The Morgan fingerprint density at radius 2 is 2.33 bits per heavy atom. The first-order valence-corrected chi connectivity index (χ1v) is 2.80. The summed E-state index contributed by atoms with van der Waals surface area (Å²) in [5.41, 5.74) is 6.32. The molecule has 0 aromatic carbocycles. The van der Waals surface area contributed by atoms with Gasteiger partial charge >= 0.3 is 6.09 Å². The van der Waals surface area contributed by atoms with Crippen LogP contribution < -0.4 is 5.73 Å². The first-order valence-electron chi connectivity index (χ1n) is 2.80. The molecule has 0 fully saturated rings. The quantitative estimate of drug-likeness (QED) is 0.539. The third kappa shape index (κ3) is 7.01. The van der Waals surface area contributed by atoms with E-state index in [4.69, 9.17) is 5.73 Å². The smallest absolute Gasteiger partial charge is 0.426 e. The highest BCUT2D eigenvalue weighted by atomic mass is 16.5. The number of ether oxygens (including phenoxy) is 1. The molecule has 1 radical (unpaired) electrons. The molecule has 0 aromatic heterocycles. The molecule has 0 unspecified atom stereocenters. The topological polar surface area (TPSA) is 50.1 Å². The van der Waals surface area contributed by atoms with Gasteiger partial charge in [-0.05, 0) is 6.42 Å². The van der Waals surface area contributed by atoms with Crippen LogP contribution in [0.15, 0.2) is 12.2 Å². The van der Waals surface area contributed by atoms with Gasteiger partial charge in [0.05, 0.1) is 0 Å². The summed E-state index contributed by atoms with van der Waals surface area (Å²) in [6.45, 7) is 2.20. The number of hydrogen-bond donors (Lipinski definition) is 0. The maximum absolute atomic E-state index is 9.82. The molecule has 0 saturated heterocycles. The number of carbonyl (C=O) groups is 1. The minimum absolute atomic E-state index is 0.218. The van der Waals surface area contributed by atoms with Gasteiger partial charge in [-0.15, -0.1) is 0 Å². The van der Waals surface area contributed by atoms with Crippen molar-refractivity contribution in [3.63, 3.8) is 0 Å². The number of nitrogens with one attached hydrogen (secondary N) is 1. The van der Waals surface area contributed by atoms with E-state index in [1.165, 1.54) is 0 Å². The second-order valence-electron chi connectivity index (χ2n) is 1.48. The maximum Gasteiger partial charge on any atom is 0.426 e. The van der Waals surface area contributed by atoms with E-state index in [0.29, 0.717) is 0 Å². The van der Waals surface area contributed by atoms with E-state index in [9.17, 15) is 4.79 Å². The molecule has 9 heavy (non-hydrogen) atoms. The van der Waals surface area contributed by atoms with Crippen molar-refractivity contribution in [3.8, 4) is 0 Å². The third-order valence-electron chi connectivity index (χ3n) is 0.713. The average Bonchev–Trinajstić information content (AvgIpc) is 1.80. The average molecular weight is 128 g/mol. The SMILES string of the molecule is CC/C=C/COC([NH])=O. The molecule has 0 atom stereocenters. The lowest BCUT2D eigenvalue weighted by Gasteiger charge is -1.91. The molecule has 3 heteroatoms. The fourth-order valence-electron chi connectivity index (χ4n) is 0.359. The van der Waals surface area contributed by atoms with Gasteiger partial charge in [0.1, 0.15) is 6.61 Å². The third-order valence-corrected chi connectivity index (χ3v) is 0.713. The van der Waals surface area contributed by atoms with Crippen molar-refractivity contribution in [3.05, 3.63) is 12.2 Å². The van der Waals surface area contributed by atoms with E-state index < -0.39 is 6.09 Å². The highest BCUT2D eigenvalue weighted by molar-refractivity contribution is 5.63. The molecular formula is C6H10NO2. The van der Waals surface area contributed by atoms with E-state index >= 15 is 0 Å². The lowest BCUT2D eigenvalue weighted by Crippen LogP contribution is -2.01. The van der Waals surface area contributed by atoms with Crippen molar-refractivity contribution in [2.45, 2.75) is 13.3 Å². The second kappa shape index (κ2) is 5.15. The van der Waals surface area contributed by atoms with Crippen molar-refractivity contribution in [2.75, 3.05) is 6.61 Å². The van der Waals surface area contributed by atoms with Crippen molar-refractivity contribution >= 4 is 6.09 Å². The molecule has 0 rings (SSSR count). The molecule has 0 aliphatic carbocycles. The number of rotatable bonds is 3. The summed E-state index contributed by atoms with van der Waals surface area (Å²) in [7, 11) is 0. The first kappa shape index (κ1) is 8.01. The zero-order chi connectivity index (χ0) is 7.11. The van der Waals surface area contributed by atoms with Crippen molar-refractivity contribution in [1.29, 1.82) is 0 Å². The Kier molecular flexibility index (Phi) is 4.59. The molecule has 3 nitrogen and oxygen atoms in total. The summed E-state index contributed by atoms with van der Waals surface area (Å²) in [4.78, 5) is 9.82. The molecule has 0 heterocycles. The van der Waals surface area contributed by atoms with Crippen LogP contribution in [0, 0.1) is 0 Å². The van der Waals surface area contributed by atoms with Crippen LogP contribution in [0.4, 0.5) is 4.79 Å². The van der Waals surface area contributed by atoms with Crippen molar-refractivity contribution < 1.29 is 9.53 Å². The van der Waals surface area contributed by atoms with E-state index in [1.54, 1.807) is 6.08 Å². The molecule has 0 saturated carbocycles. The molecular weight excluding hydrogens is 118 g/mol. The van der Waals surface area contributed by atoms with Crippen molar-refractivity contribution in [2.24, 2.45) is 0 Å². The van der Waals surface area contributed by atoms with Gasteiger partial charge in [0.15, 0.2) is 0 Å². The Labute approximate surface area is 54.5 Å². The van der Waals surface area contributed by atoms with Crippen LogP contribution in [0.5, 0.6) is 0 Å². The van der Waals surface area contributed by atoms with Gasteiger partial charge in [-0.25, -0.2) is 10.5 Å². The molecule has 0 aliphatic heterocycles. The monoisotopic (exact) mass is 128 g/mol. The normalized spacial score (nSPS) is 9.89. The highest BCUT2D eigenvalue weighted by Gasteiger charge is 1.87. The lowest BCUT2D eigenvalue weighted by molar-refractivity contribution is 0.167. The van der Waals surface area contributed by atoms with E-state index in [1.807, 2.05) is 13.0 Å². The molecule has 0 bridgehead atoms. The summed E-state index contributed by atoms with van der Waals surface area (Å²) in [5.74, 6) is 0. The van der Waals surface area contributed by atoms with Gasteiger partial charge in [0.25, 0.3) is 0 Å². The Bertz CT molecular complexity index is 110. The number of carbonyl (C=O) groups excluding carboxylic acids is 1. The molecule has 0 spiro atoms. The summed E-state index contributed by atoms with van der Waals surface area (Å²) >= 11 is 0. The predicted molar refractivity (Wildman–Crippen MR) is 33.9 cm³/mol. The van der Waals surface area contributed by atoms with Crippen LogP contribution in [-0.4, -0.2) is 12.7 Å². The van der Waals surface area contributed by atoms with Crippen LogP contribution >= 0.6 is 0 Å². The van der Waals surface area contributed by atoms with Gasteiger partial charge in [0, 0.05) is 0 Å². The predicted octanol–water partition coefficient (Wildman–Crippen LogP) is 1.37. The summed E-state index contributed by atoms with van der Waals surface area (Å²) in [6, 6.07) is 0. The lowest BCUT2D eigenvalue weighted by atomic mass is 10.4. The van der Waals surface area contributed by atoms with E-state index in [2.05, 4.69) is 4.74 Å². The Balaban J connectivity index is 3.09. The number of allylic oxidation sites excluding steroid dienone is 1. The summed E-state index contributed by atoms with van der Waals surface area (Å²) in [5, 5.41) is 0. The summed E-state index contributed by atoms with van der Waals surface area (Å²) < 4.78 is 4.28. The van der Waals surface area contributed by atoms with Crippen LogP contribution in [-0.2, 0) is 4.74 Å². The molecule has 51 valence electrons. The van der Waals surface area contributed by atoms with Crippen LogP contribution in [0.2, 0.25) is 0 Å². The Morgan fingerprint density at radius 1 is 1.67 bits per heavy atom. The van der Waals surface area contributed by atoms with Gasteiger partial charge in [-0.2, -0.15) is 0 Å². The second-order valence-corrected chi connectivity index (χ2v) is 1.48. The number of amides is 1. The standard InChI is InChI=1S/C6H10NO2/c1-2-3-4-5-9-6(7)8/h3-4,7H,2,5H2,1H3/b4-3+. The molecule has 1 amide bonds. The van der Waals surface area contributed by atoms with Crippen LogP contribution in [0.1, 0.15) is 13.3 Å². The molecule has 0 aliphatic rings. The van der Waals surface area contributed by atoms with Gasteiger partial charge in [-0.3, -0.25) is 0 Å². The highest BCUT2D eigenvalue weighted by Crippen LogP contribution is 1.81. The molecule has 0 aromatic rings. The first-order chi connectivity index (χ1) is 4.27. The Morgan fingerprint density at radius 3 is 2.78 bits per heavy atom. The van der Waals surface area contributed by atoms with Crippen molar-refractivity contribution in [1.82, 2.24) is 5.73 Å². The minimum atomic E-state index is -0.976. The zero-order valence-corrected chi connectivity index (χ0v) is 5.39. The van der Waals surface area contributed by atoms with E-state index in [-0.39, 0.29) is 6.61 Å². The maximum atomic E-state index is 9.82. The zero-order valence-electron chi connectivity index (χ0n) is 5.39. The summed E-state index contributed by atoms with van der Waals surface area (Å²) in [6.07, 6.45) is 3.54. The van der Waals surface area contributed by atoms with Gasteiger partial charge < -0.3 is 4.74 Å². The van der Waals surface area contributed by atoms with Crippen LogP contribution in [0.3, 0.4) is 0 Å². The van der Waals surface area contributed by atoms with E-state index in [0.717, 1.165) is 6.42 Å². The van der Waals surface area contributed by atoms with Gasteiger partial charge in [0.2, 0.25) is 0 Å².